The molecule has 0 fully saturated rings. The summed E-state index contributed by atoms with van der Waals surface area (Å²) in [7, 11) is 0. The van der Waals surface area contributed by atoms with E-state index in [2.05, 4.69) is 5.32 Å². The minimum absolute atomic E-state index is 0.0537. The zero-order chi connectivity index (χ0) is 14.5. The molecule has 0 aliphatic carbocycles. The number of carbonyl (C=O) groups excluding carboxylic acids is 1. The predicted octanol–water partition coefficient (Wildman–Crippen LogP) is 3.23. The van der Waals surface area contributed by atoms with E-state index in [0.29, 0.717) is 12.1 Å². The molecule has 2 aromatic rings. The first kappa shape index (κ1) is 14.3. The van der Waals surface area contributed by atoms with Gasteiger partial charge in [0, 0.05) is 5.69 Å². The van der Waals surface area contributed by atoms with Crippen molar-refractivity contribution in [2.75, 3.05) is 5.32 Å². The molecule has 0 aliphatic rings. The number of aliphatic hydroxyl groups excluding tert-OH is 1. The average molecular weight is 269 g/mol. The van der Waals surface area contributed by atoms with Crippen molar-refractivity contribution in [1.82, 2.24) is 0 Å². The molecule has 1 amide bonds. The maximum absolute atomic E-state index is 12.0. The molecule has 0 saturated carbocycles. The standard InChI is InChI=1S/C17H19NO2/c1-12-6-3-4-7-14(12)11-17(20)18-16-9-5-8-15(10-16)13(2)19/h3-10,13,19H,11H2,1-2H3,(H,18,20). The van der Waals surface area contributed by atoms with Crippen LogP contribution >= 0.6 is 0 Å². The van der Waals surface area contributed by atoms with Gasteiger partial charge in [0.1, 0.15) is 0 Å². The number of aliphatic hydroxyl groups is 1. The Morgan fingerprint density at radius 3 is 2.65 bits per heavy atom. The molecule has 0 spiro atoms. The first-order chi connectivity index (χ1) is 9.56. The van der Waals surface area contributed by atoms with Gasteiger partial charge in [0.15, 0.2) is 0 Å². The molecule has 1 unspecified atom stereocenters. The second-order valence-electron chi connectivity index (χ2n) is 4.95. The van der Waals surface area contributed by atoms with Crippen LogP contribution in [0.15, 0.2) is 48.5 Å². The number of hydrogen-bond acceptors (Lipinski definition) is 2. The largest absolute Gasteiger partial charge is 0.389 e. The second-order valence-corrected chi connectivity index (χ2v) is 4.95. The van der Waals surface area contributed by atoms with E-state index in [9.17, 15) is 9.90 Å². The molecule has 3 nitrogen and oxygen atoms in total. The van der Waals surface area contributed by atoms with Gasteiger partial charge in [0.25, 0.3) is 0 Å². The first-order valence-electron chi connectivity index (χ1n) is 6.68. The van der Waals surface area contributed by atoms with Gasteiger partial charge in [-0.1, -0.05) is 36.4 Å². The highest BCUT2D eigenvalue weighted by Crippen LogP contribution is 2.17. The minimum Gasteiger partial charge on any atom is -0.389 e. The highest BCUT2D eigenvalue weighted by Gasteiger charge is 2.07. The van der Waals surface area contributed by atoms with E-state index in [0.717, 1.165) is 16.7 Å². The number of amides is 1. The Labute approximate surface area is 119 Å². The lowest BCUT2D eigenvalue weighted by molar-refractivity contribution is -0.115. The summed E-state index contributed by atoms with van der Waals surface area (Å²) in [5.41, 5.74) is 3.64. The van der Waals surface area contributed by atoms with E-state index >= 15 is 0 Å². The minimum atomic E-state index is -0.539. The number of benzene rings is 2. The van der Waals surface area contributed by atoms with Crippen LogP contribution in [0, 0.1) is 6.92 Å². The average Bonchev–Trinajstić information content (AvgIpc) is 2.41. The summed E-state index contributed by atoms with van der Waals surface area (Å²) in [6, 6.07) is 15.1. The molecule has 1 atom stereocenters. The lowest BCUT2D eigenvalue weighted by Crippen LogP contribution is -2.15. The van der Waals surface area contributed by atoms with Crippen LogP contribution in [0.4, 0.5) is 5.69 Å². The number of aryl methyl sites for hydroxylation is 1. The van der Waals surface area contributed by atoms with Gasteiger partial charge in [-0.25, -0.2) is 0 Å². The molecule has 0 aromatic heterocycles. The molecular weight excluding hydrogens is 250 g/mol. The molecule has 0 heterocycles. The second kappa shape index (κ2) is 6.35. The molecule has 3 heteroatoms. The van der Waals surface area contributed by atoms with Gasteiger partial charge >= 0.3 is 0 Å². The molecule has 104 valence electrons. The van der Waals surface area contributed by atoms with Gasteiger partial charge in [0.2, 0.25) is 5.91 Å². The van der Waals surface area contributed by atoms with Crippen LogP contribution in [0.1, 0.15) is 29.7 Å². The van der Waals surface area contributed by atoms with Crippen molar-refractivity contribution in [3.8, 4) is 0 Å². The van der Waals surface area contributed by atoms with Gasteiger partial charge in [0.05, 0.1) is 12.5 Å². The molecule has 0 aliphatic heterocycles. The number of carbonyl (C=O) groups is 1. The van der Waals surface area contributed by atoms with Crippen LogP contribution < -0.4 is 5.32 Å². The van der Waals surface area contributed by atoms with Crippen molar-refractivity contribution in [3.05, 3.63) is 65.2 Å². The molecule has 2 N–H and O–H groups in total. The Morgan fingerprint density at radius 1 is 1.20 bits per heavy atom. The Morgan fingerprint density at radius 2 is 1.95 bits per heavy atom. The summed E-state index contributed by atoms with van der Waals surface area (Å²) in [6.07, 6.45) is -0.186. The fourth-order valence-electron chi connectivity index (χ4n) is 2.06. The maximum Gasteiger partial charge on any atom is 0.228 e. The zero-order valence-electron chi connectivity index (χ0n) is 11.8. The molecule has 0 radical (unpaired) electrons. The van der Waals surface area contributed by atoms with Gasteiger partial charge in [-0.3, -0.25) is 4.79 Å². The summed E-state index contributed by atoms with van der Waals surface area (Å²) in [6.45, 7) is 3.70. The Balaban J connectivity index is 2.05. The number of hydrogen-bond donors (Lipinski definition) is 2. The normalized spacial score (nSPS) is 11.9. The predicted molar refractivity (Wildman–Crippen MR) is 80.6 cm³/mol. The monoisotopic (exact) mass is 269 g/mol. The third-order valence-corrected chi connectivity index (χ3v) is 3.27. The van der Waals surface area contributed by atoms with Crippen LogP contribution in [0.5, 0.6) is 0 Å². The smallest absolute Gasteiger partial charge is 0.228 e. The van der Waals surface area contributed by atoms with Crippen molar-refractivity contribution in [2.45, 2.75) is 26.4 Å². The molecule has 2 rings (SSSR count). The third-order valence-electron chi connectivity index (χ3n) is 3.27. The van der Waals surface area contributed by atoms with Crippen molar-refractivity contribution < 1.29 is 9.90 Å². The zero-order valence-corrected chi connectivity index (χ0v) is 11.8. The van der Waals surface area contributed by atoms with Crippen LogP contribution in [0.25, 0.3) is 0 Å². The first-order valence-corrected chi connectivity index (χ1v) is 6.68. The van der Waals surface area contributed by atoms with E-state index < -0.39 is 6.10 Å². The summed E-state index contributed by atoms with van der Waals surface area (Å²) in [5.74, 6) is -0.0537. The van der Waals surface area contributed by atoms with E-state index in [4.69, 9.17) is 0 Å². The van der Waals surface area contributed by atoms with Gasteiger partial charge in [-0.2, -0.15) is 0 Å². The fourth-order valence-corrected chi connectivity index (χ4v) is 2.06. The third kappa shape index (κ3) is 3.68. The highest BCUT2D eigenvalue weighted by atomic mass is 16.3. The van der Waals surface area contributed by atoms with Gasteiger partial charge in [-0.05, 0) is 42.7 Å². The Bertz CT molecular complexity index is 605. The topological polar surface area (TPSA) is 49.3 Å². The molecule has 2 aromatic carbocycles. The molecule has 20 heavy (non-hydrogen) atoms. The maximum atomic E-state index is 12.0. The SMILES string of the molecule is Cc1ccccc1CC(=O)Nc1cccc(C(C)O)c1. The van der Waals surface area contributed by atoms with Crippen LogP contribution in [0.3, 0.4) is 0 Å². The lowest BCUT2D eigenvalue weighted by atomic mass is 10.1. The lowest BCUT2D eigenvalue weighted by Gasteiger charge is -2.10. The van der Waals surface area contributed by atoms with E-state index in [-0.39, 0.29) is 5.91 Å². The molecule has 0 bridgehead atoms. The van der Waals surface area contributed by atoms with Gasteiger partial charge < -0.3 is 10.4 Å². The Kier molecular flexibility index (Phi) is 4.53. The summed E-state index contributed by atoms with van der Waals surface area (Å²) in [5, 5.41) is 12.4. The van der Waals surface area contributed by atoms with Crippen molar-refractivity contribution in [3.63, 3.8) is 0 Å². The quantitative estimate of drug-likeness (QED) is 0.895. The van der Waals surface area contributed by atoms with E-state index in [1.807, 2.05) is 49.4 Å². The fraction of sp³-hybridized carbons (Fsp3) is 0.235. The van der Waals surface area contributed by atoms with Gasteiger partial charge in [-0.15, -0.1) is 0 Å². The van der Waals surface area contributed by atoms with Crippen LogP contribution in [-0.2, 0) is 11.2 Å². The number of rotatable bonds is 4. The summed E-state index contributed by atoms with van der Waals surface area (Å²) >= 11 is 0. The molecule has 0 saturated heterocycles. The van der Waals surface area contributed by atoms with Crippen LogP contribution in [0.2, 0.25) is 0 Å². The number of nitrogens with one attached hydrogen (secondary N) is 1. The van der Waals surface area contributed by atoms with E-state index in [1.165, 1.54) is 0 Å². The summed E-state index contributed by atoms with van der Waals surface area (Å²) < 4.78 is 0. The van der Waals surface area contributed by atoms with Crippen molar-refractivity contribution in [2.24, 2.45) is 0 Å². The number of anilines is 1. The highest BCUT2D eigenvalue weighted by molar-refractivity contribution is 5.92. The van der Waals surface area contributed by atoms with Crippen molar-refractivity contribution in [1.29, 1.82) is 0 Å². The summed E-state index contributed by atoms with van der Waals surface area (Å²) in [4.78, 5) is 12.0. The molecular formula is C17H19NO2. The van der Waals surface area contributed by atoms with E-state index in [1.54, 1.807) is 13.0 Å². The van der Waals surface area contributed by atoms with Crippen LogP contribution in [-0.4, -0.2) is 11.0 Å². The van der Waals surface area contributed by atoms with Crippen molar-refractivity contribution >= 4 is 11.6 Å². The Hall–Kier alpha value is -2.13.